The summed E-state index contributed by atoms with van der Waals surface area (Å²) in [5.41, 5.74) is 3.49. The Bertz CT molecular complexity index is 1040. The van der Waals surface area contributed by atoms with Gasteiger partial charge >= 0.3 is 12.2 Å². The van der Waals surface area contributed by atoms with Gasteiger partial charge in [0.1, 0.15) is 11.5 Å². The van der Waals surface area contributed by atoms with E-state index in [0.29, 0.717) is 11.1 Å². The fourth-order valence-electron chi connectivity index (χ4n) is 3.01. The van der Waals surface area contributed by atoms with Gasteiger partial charge in [-0.2, -0.15) is 0 Å². The Hall–Kier alpha value is -4.22. The Morgan fingerprint density at radius 3 is 1.29 bits per heavy atom. The van der Waals surface area contributed by atoms with Crippen molar-refractivity contribution in [3.8, 4) is 11.5 Å². The summed E-state index contributed by atoms with van der Waals surface area (Å²) in [4.78, 5) is 45.4. The molecule has 2 aromatic rings. The summed E-state index contributed by atoms with van der Waals surface area (Å²) >= 11 is 0. The van der Waals surface area contributed by atoms with Gasteiger partial charge in [0.2, 0.25) is 0 Å². The molecule has 0 saturated carbocycles. The molecule has 12 heteroatoms. The number of hydrogen-bond acceptors (Lipinski definition) is 8. The van der Waals surface area contributed by atoms with Crippen molar-refractivity contribution in [1.82, 2.24) is 10.9 Å². The second kappa shape index (κ2) is 9.73. The maximum Gasteiger partial charge on any atom is 0.431 e. The summed E-state index contributed by atoms with van der Waals surface area (Å²) < 4.78 is 10.4. The monoisotopic (exact) mass is 474 g/mol. The zero-order valence-corrected chi connectivity index (χ0v) is 19.6. The number of rotatable bonds is 4. The Labute approximate surface area is 195 Å². The predicted octanol–water partition coefficient (Wildman–Crippen LogP) is 4.89. The smallest absolute Gasteiger partial charge is 0.409 e. The van der Waals surface area contributed by atoms with Gasteiger partial charge in [0, 0.05) is 23.3 Å². The summed E-state index contributed by atoms with van der Waals surface area (Å²) in [6.45, 7) is 11.0. The number of carbonyl (C=O) groups excluding carboxylic acids is 2. The van der Waals surface area contributed by atoms with Gasteiger partial charge in [0.05, 0.1) is 22.0 Å². The first kappa shape index (κ1) is 26.0. The first-order chi connectivity index (χ1) is 15.6. The van der Waals surface area contributed by atoms with Gasteiger partial charge in [-0.1, -0.05) is 41.5 Å². The molecule has 34 heavy (non-hydrogen) atoms. The molecule has 2 amide bonds. The van der Waals surface area contributed by atoms with Crippen LogP contribution in [0.2, 0.25) is 0 Å². The number of carbonyl (C=O) groups is 2. The van der Waals surface area contributed by atoms with Gasteiger partial charge < -0.3 is 9.47 Å². The minimum atomic E-state index is -1.13. The average molecular weight is 474 g/mol. The standard InChI is InChI=1S/C22H26N4O8/c1-21(2,3)15-9-7-13(25(29)30)11-17(15)33-19(27)23-24-20(28)34-18-12-14(26(31)32)8-10-16(18)22(4,5)6/h7-12H,1-6H3,(H,23,27)(H,24,28). The van der Waals surface area contributed by atoms with Crippen molar-refractivity contribution < 1.29 is 28.9 Å². The summed E-state index contributed by atoms with van der Waals surface area (Å²) in [7, 11) is 0. The van der Waals surface area contributed by atoms with Crippen LogP contribution in [-0.4, -0.2) is 22.0 Å². The molecule has 0 atom stereocenters. The summed E-state index contributed by atoms with van der Waals surface area (Å²) in [6.07, 6.45) is -2.25. The Morgan fingerprint density at radius 2 is 1.03 bits per heavy atom. The molecule has 0 unspecified atom stereocenters. The number of nitro benzene ring substituents is 2. The Morgan fingerprint density at radius 1 is 0.706 bits per heavy atom. The van der Waals surface area contributed by atoms with Crippen molar-refractivity contribution >= 4 is 23.6 Å². The van der Waals surface area contributed by atoms with E-state index in [0.717, 1.165) is 12.1 Å². The van der Waals surface area contributed by atoms with Crippen molar-refractivity contribution in [2.75, 3.05) is 0 Å². The van der Waals surface area contributed by atoms with E-state index in [-0.39, 0.29) is 22.9 Å². The van der Waals surface area contributed by atoms with Gasteiger partial charge in [0.15, 0.2) is 0 Å². The van der Waals surface area contributed by atoms with Crippen molar-refractivity contribution in [1.29, 1.82) is 0 Å². The van der Waals surface area contributed by atoms with Crippen molar-refractivity contribution in [3.63, 3.8) is 0 Å². The van der Waals surface area contributed by atoms with Crippen LogP contribution < -0.4 is 20.3 Å². The van der Waals surface area contributed by atoms with E-state index in [9.17, 15) is 29.8 Å². The highest BCUT2D eigenvalue weighted by Crippen LogP contribution is 2.35. The van der Waals surface area contributed by atoms with Crippen LogP contribution in [0.3, 0.4) is 0 Å². The van der Waals surface area contributed by atoms with E-state index in [1.807, 2.05) is 52.4 Å². The lowest BCUT2D eigenvalue weighted by atomic mass is 9.86. The topological polar surface area (TPSA) is 163 Å². The highest BCUT2D eigenvalue weighted by molar-refractivity contribution is 5.77. The molecule has 0 aliphatic heterocycles. The lowest BCUT2D eigenvalue weighted by Gasteiger charge is -2.22. The minimum absolute atomic E-state index is 0.0527. The summed E-state index contributed by atoms with van der Waals surface area (Å²) in [5.74, 6) is -0.105. The van der Waals surface area contributed by atoms with Crippen LogP contribution >= 0.6 is 0 Å². The molecular weight excluding hydrogens is 448 g/mol. The SMILES string of the molecule is CC(C)(C)c1ccc([N+](=O)[O-])cc1OC(=O)NNC(=O)Oc1cc([N+](=O)[O-])ccc1C(C)(C)C. The number of hydrogen-bond donors (Lipinski definition) is 2. The van der Waals surface area contributed by atoms with Crippen LogP contribution in [0.5, 0.6) is 11.5 Å². The molecule has 0 spiro atoms. The molecule has 0 radical (unpaired) electrons. The quantitative estimate of drug-likeness (QED) is 0.467. The lowest BCUT2D eigenvalue weighted by Crippen LogP contribution is -2.44. The second-order valence-corrected chi connectivity index (χ2v) is 9.40. The molecule has 0 aliphatic rings. The van der Waals surface area contributed by atoms with Crippen LogP contribution in [0.25, 0.3) is 0 Å². The number of nitrogens with one attached hydrogen (secondary N) is 2. The molecule has 0 heterocycles. The highest BCUT2D eigenvalue weighted by atomic mass is 16.6. The van der Waals surface area contributed by atoms with Crippen LogP contribution in [0.4, 0.5) is 21.0 Å². The highest BCUT2D eigenvalue weighted by Gasteiger charge is 2.25. The number of nitrogens with zero attached hydrogens (tertiary/aromatic N) is 2. The fraction of sp³-hybridized carbons (Fsp3) is 0.364. The molecule has 0 aliphatic carbocycles. The molecule has 2 rings (SSSR count). The van der Waals surface area contributed by atoms with Crippen LogP contribution in [-0.2, 0) is 10.8 Å². The zero-order valence-electron chi connectivity index (χ0n) is 19.6. The first-order valence-corrected chi connectivity index (χ1v) is 10.1. The number of nitro groups is 2. The van der Waals surface area contributed by atoms with Crippen LogP contribution in [0.1, 0.15) is 52.7 Å². The van der Waals surface area contributed by atoms with Gasteiger partial charge in [-0.15, -0.1) is 0 Å². The third-order valence-electron chi connectivity index (χ3n) is 4.64. The largest absolute Gasteiger partial charge is 0.431 e. The number of ether oxygens (including phenoxy) is 2. The van der Waals surface area contributed by atoms with Crippen molar-refractivity contribution in [3.05, 3.63) is 67.8 Å². The van der Waals surface area contributed by atoms with Gasteiger partial charge in [-0.05, 0) is 23.0 Å². The zero-order chi connectivity index (χ0) is 25.8. The minimum Gasteiger partial charge on any atom is -0.409 e. The summed E-state index contributed by atoms with van der Waals surface area (Å²) in [5, 5.41) is 22.2. The predicted molar refractivity (Wildman–Crippen MR) is 122 cm³/mol. The lowest BCUT2D eigenvalue weighted by molar-refractivity contribution is -0.385. The first-order valence-electron chi connectivity index (χ1n) is 10.1. The number of hydrazine groups is 1. The van der Waals surface area contributed by atoms with E-state index >= 15 is 0 Å². The van der Waals surface area contributed by atoms with E-state index in [1.165, 1.54) is 24.3 Å². The van der Waals surface area contributed by atoms with E-state index in [2.05, 4.69) is 0 Å². The fourth-order valence-corrected chi connectivity index (χ4v) is 3.01. The number of benzene rings is 2. The van der Waals surface area contributed by atoms with Crippen molar-refractivity contribution in [2.45, 2.75) is 52.4 Å². The Balaban J connectivity index is 2.15. The van der Waals surface area contributed by atoms with Gasteiger partial charge in [-0.3, -0.25) is 20.2 Å². The molecule has 0 saturated heterocycles. The van der Waals surface area contributed by atoms with Gasteiger partial charge in [0.25, 0.3) is 11.4 Å². The average Bonchev–Trinajstić information content (AvgIpc) is 2.70. The summed E-state index contributed by atoms with van der Waals surface area (Å²) in [6, 6.07) is 7.78. The molecule has 2 N–H and O–H groups in total. The maximum absolute atomic E-state index is 12.2. The van der Waals surface area contributed by atoms with E-state index in [1.54, 1.807) is 0 Å². The van der Waals surface area contributed by atoms with E-state index < -0.39 is 32.9 Å². The Kier molecular flexibility index (Phi) is 7.45. The molecule has 0 aromatic heterocycles. The molecule has 0 fully saturated rings. The third kappa shape index (κ3) is 6.64. The molecule has 182 valence electrons. The maximum atomic E-state index is 12.2. The van der Waals surface area contributed by atoms with E-state index in [4.69, 9.17) is 9.47 Å². The van der Waals surface area contributed by atoms with Crippen LogP contribution in [0.15, 0.2) is 36.4 Å². The third-order valence-corrected chi connectivity index (χ3v) is 4.64. The second-order valence-electron chi connectivity index (χ2n) is 9.40. The number of non-ortho nitro benzene ring substituents is 2. The van der Waals surface area contributed by atoms with Gasteiger partial charge in [-0.25, -0.2) is 20.4 Å². The molecular formula is C22H26N4O8. The molecule has 0 bridgehead atoms. The van der Waals surface area contributed by atoms with Crippen LogP contribution in [0, 0.1) is 20.2 Å². The normalized spacial score (nSPS) is 11.4. The van der Waals surface area contributed by atoms with Crippen molar-refractivity contribution in [2.24, 2.45) is 0 Å². The molecule has 12 nitrogen and oxygen atoms in total. The molecule has 2 aromatic carbocycles. The number of amides is 2.